The standard InChI is InChI=1S/C69H138NO8P/c1-6-8-10-12-14-16-18-20-22-24-26-28-30-32-33-34-35-36-38-40-42-44-46-48-50-52-54-56-58-60-62-69(72)78-67(66-77-79(73,74)76-64-63-70(3,4)5)65-75-68(71)61-59-57-55-53-51-49-47-45-43-41-39-37-31-29-27-25-23-21-19-17-15-13-11-9-7-2/h67H,6-66H2,1-5H3. The molecule has 0 saturated carbocycles. The first-order valence-electron chi connectivity index (χ1n) is 35.2. The SMILES string of the molecule is CCCCCCCCCCCCCCCCCCCCCCCCCCCCCCCCC(=O)OC(COC(=O)CCCCCCCCCCCCCCCCCCCCCCCCCCC)COP(=O)([O-])OCC[N+](C)(C)C. The van der Waals surface area contributed by atoms with Gasteiger partial charge in [-0.15, -0.1) is 0 Å². The van der Waals surface area contributed by atoms with E-state index < -0.39 is 26.5 Å². The van der Waals surface area contributed by atoms with E-state index in [4.69, 9.17) is 18.5 Å². The van der Waals surface area contributed by atoms with Gasteiger partial charge in [-0.3, -0.25) is 14.2 Å². The van der Waals surface area contributed by atoms with Gasteiger partial charge in [0.15, 0.2) is 6.10 Å². The van der Waals surface area contributed by atoms with Crippen molar-refractivity contribution in [3.8, 4) is 0 Å². The van der Waals surface area contributed by atoms with Gasteiger partial charge in [0.25, 0.3) is 7.82 Å². The lowest BCUT2D eigenvalue weighted by Gasteiger charge is -2.28. The maximum absolute atomic E-state index is 12.9. The highest BCUT2D eigenvalue weighted by Crippen LogP contribution is 2.38. The average molecular weight is 1140 g/mol. The molecule has 0 amide bonds. The molecule has 0 aliphatic carbocycles. The molecule has 472 valence electrons. The fourth-order valence-corrected chi connectivity index (χ4v) is 11.7. The van der Waals surface area contributed by atoms with Crippen molar-refractivity contribution in [1.82, 2.24) is 0 Å². The summed E-state index contributed by atoms with van der Waals surface area (Å²) in [6.45, 7) is 4.34. The number of likely N-dealkylation sites (N-methyl/N-ethyl adjacent to an activating group) is 1. The Morgan fingerprint density at radius 2 is 0.570 bits per heavy atom. The third-order valence-electron chi connectivity index (χ3n) is 16.4. The molecule has 0 aliphatic rings. The molecule has 0 saturated heterocycles. The summed E-state index contributed by atoms with van der Waals surface area (Å²) in [5.74, 6) is -0.803. The van der Waals surface area contributed by atoms with Gasteiger partial charge in [-0.1, -0.05) is 354 Å². The normalized spacial score (nSPS) is 13.0. The smallest absolute Gasteiger partial charge is 0.306 e. The molecule has 79 heavy (non-hydrogen) atoms. The van der Waals surface area contributed by atoms with Crippen molar-refractivity contribution in [3.63, 3.8) is 0 Å². The number of ether oxygens (including phenoxy) is 2. The van der Waals surface area contributed by atoms with Crippen LogP contribution >= 0.6 is 7.82 Å². The zero-order valence-corrected chi connectivity index (χ0v) is 54.8. The van der Waals surface area contributed by atoms with E-state index in [9.17, 15) is 19.0 Å². The van der Waals surface area contributed by atoms with Crippen LogP contribution in [0.25, 0.3) is 0 Å². The van der Waals surface area contributed by atoms with Crippen LogP contribution in [0, 0.1) is 0 Å². The van der Waals surface area contributed by atoms with Gasteiger partial charge in [-0.25, -0.2) is 0 Å². The lowest BCUT2D eigenvalue weighted by molar-refractivity contribution is -0.870. The third-order valence-corrected chi connectivity index (χ3v) is 17.3. The first kappa shape index (κ1) is 78.0. The molecule has 0 aromatic heterocycles. The number of phosphoric acid groups is 1. The minimum atomic E-state index is -4.63. The minimum Gasteiger partial charge on any atom is -0.756 e. The molecule has 0 aromatic rings. The van der Waals surface area contributed by atoms with Crippen molar-refractivity contribution in [1.29, 1.82) is 0 Å². The minimum absolute atomic E-state index is 0.0248. The van der Waals surface area contributed by atoms with Crippen molar-refractivity contribution in [2.24, 2.45) is 0 Å². The quantitative estimate of drug-likeness (QED) is 0.0256. The van der Waals surface area contributed by atoms with Crippen LogP contribution in [0.3, 0.4) is 0 Å². The molecular weight excluding hydrogens is 1000 g/mol. The third kappa shape index (κ3) is 66.0. The number of nitrogens with zero attached hydrogens (tertiary/aromatic N) is 1. The highest BCUT2D eigenvalue weighted by molar-refractivity contribution is 7.45. The maximum Gasteiger partial charge on any atom is 0.306 e. The molecule has 2 atom stereocenters. The largest absolute Gasteiger partial charge is 0.756 e. The summed E-state index contributed by atoms with van der Waals surface area (Å²) in [5.41, 5.74) is 0. The van der Waals surface area contributed by atoms with Crippen LogP contribution in [0.2, 0.25) is 0 Å². The number of esters is 2. The number of rotatable bonds is 67. The topological polar surface area (TPSA) is 111 Å². The van der Waals surface area contributed by atoms with E-state index in [-0.39, 0.29) is 32.0 Å². The lowest BCUT2D eigenvalue weighted by atomic mass is 10.0. The molecule has 0 fully saturated rings. The van der Waals surface area contributed by atoms with Crippen molar-refractivity contribution >= 4 is 19.8 Å². The molecule has 9 nitrogen and oxygen atoms in total. The van der Waals surface area contributed by atoms with E-state index in [2.05, 4.69) is 13.8 Å². The first-order chi connectivity index (χ1) is 38.5. The fourth-order valence-electron chi connectivity index (χ4n) is 11.0. The van der Waals surface area contributed by atoms with Crippen LogP contribution < -0.4 is 4.89 Å². The molecule has 0 heterocycles. The predicted octanol–water partition coefficient (Wildman–Crippen LogP) is 21.9. The number of quaternary nitrogens is 1. The van der Waals surface area contributed by atoms with Crippen LogP contribution in [0.15, 0.2) is 0 Å². The van der Waals surface area contributed by atoms with E-state index in [1.807, 2.05) is 21.1 Å². The fraction of sp³-hybridized carbons (Fsp3) is 0.971. The second-order valence-electron chi connectivity index (χ2n) is 25.6. The molecule has 0 bridgehead atoms. The van der Waals surface area contributed by atoms with Crippen LogP contribution in [-0.4, -0.2) is 70.0 Å². The van der Waals surface area contributed by atoms with E-state index in [1.54, 1.807) is 0 Å². The zero-order chi connectivity index (χ0) is 57.7. The predicted molar refractivity (Wildman–Crippen MR) is 338 cm³/mol. The van der Waals surface area contributed by atoms with Crippen LogP contribution in [-0.2, 0) is 32.7 Å². The van der Waals surface area contributed by atoms with E-state index in [0.717, 1.165) is 32.1 Å². The Morgan fingerprint density at radius 1 is 0.342 bits per heavy atom. The molecule has 2 unspecified atom stereocenters. The Balaban J connectivity index is 3.97. The molecule has 0 aromatic carbocycles. The molecule has 0 spiro atoms. The van der Waals surface area contributed by atoms with E-state index >= 15 is 0 Å². The van der Waals surface area contributed by atoms with Gasteiger partial charge in [0.2, 0.25) is 0 Å². The molecule has 10 heteroatoms. The Hall–Kier alpha value is -0.990. The van der Waals surface area contributed by atoms with Gasteiger partial charge in [-0.2, -0.15) is 0 Å². The highest BCUT2D eigenvalue weighted by Gasteiger charge is 2.22. The summed E-state index contributed by atoms with van der Waals surface area (Å²) in [5, 5.41) is 0. The summed E-state index contributed by atoms with van der Waals surface area (Å²) in [6.07, 6.45) is 73.4. The molecular formula is C69H138NO8P. The number of carbonyl (C=O) groups is 2. The number of hydrogen-bond acceptors (Lipinski definition) is 8. The van der Waals surface area contributed by atoms with Crippen LogP contribution in [0.4, 0.5) is 0 Å². The van der Waals surface area contributed by atoms with Gasteiger partial charge in [0.05, 0.1) is 27.7 Å². The Morgan fingerprint density at radius 3 is 0.810 bits per heavy atom. The van der Waals surface area contributed by atoms with E-state index in [0.29, 0.717) is 17.4 Å². The highest BCUT2D eigenvalue weighted by atomic mass is 31.2. The lowest BCUT2D eigenvalue weighted by Crippen LogP contribution is -2.37. The van der Waals surface area contributed by atoms with Crippen LogP contribution in [0.5, 0.6) is 0 Å². The van der Waals surface area contributed by atoms with Gasteiger partial charge in [0, 0.05) is 12.8 Å². The second kappa shape index (κ2) is 61.6. The van der Waals surface area contributed by atoms with E-state index in [1.165, 1.54) is 315 Å². The summed E-state index contributed by atoms with van der Waals surface area (Å²) in [4.78, 5) is 38.0. The molecule has 0 N–H and O–H groups in total. The van der Waals surface area contributed by atoms with Gasteiger partial charge in [0.1, 0.15) is 19.8 Å². The number of unbranched alkanes of at least 4 members (excludes halogenated alkanes) is 53. The summed E-state index contributed by atoms with van der Waals surface area (Å²) in [6, 6.07) is 0. The number of carbonyl (C=O) groups excluding carboxylic acids is 2. The van der Waals surface area contributed by atoms with Gasteiger partial charge < -0.3 is 27.9 Å². The zero-order valence-electron chi connectivity index (χ0n) is 53.9. The monoisotopic (exact) mass is 1140 g/mol. The van der Waals surface area contributed by atoms with Crippen molar-refractivity contribution in [2.45, 2.75) is 386 Å². The summed E-state index contributed by atoms with van der Waals surface area (Å²) < 4.78 is 34.3. The second-order valence-corrected chi connectivity index (χ2v) is 27.0. The molecule has 0 rings (SSSR count). The maximum atomic E-state index is 12.9. The first-order valence-corrected chi connectivity index (χ1v) is 36.7. The van der Waals surface area contributed by atoms with Crippen LogP contribution in [0.1, 0.15) is 380 Å². The van der Waals surface area contributed by atoms with Gasteiger partial charge >= 0.3 is 11.9 Å². The van der Waals surface area contributed by atoms with Gasteiger partial charge in [-0.05, 0) is 12.8 Å². The van der Waals surface area contributed by atoms with Crippen molar-refractivity contribution in [2.75, 3.05) is 47.5 Å². The molecule has 0 aliphatic heterocycles. The van der Waals surface area contributed by atoms with Crippen molar-refractivity contribution < 1.29 is 42.1 Å². The number of phosphoric ester groups is 1. The summed E-state index contributed by atoms with van der Waals surface area (Å²) in [7, 11) is 1.20. The Bertz CT molecular complexity index is 1290. The Kier molecular flexibility index (Phi) is 60.8. The Labute approximate surface area is 493 Å². The van der Waals surface area contributed by atoms with Crippen molar-refractivity contribution in [3.05, 3.63) is 0 Å². The summed E-state index contributed by atoms with van der Waals surface area (Å²) >= 11 is 0. The average Bonchev–Trinajstić information content (AvgIpc) is 3.41. The number of hydrogen-bond donors (Lipinski definition) is 0. The molecule has 0 radical (unpaired) electrons.